The molecule has 0 bridgehead atoms. The van der Waals surface area contributed by atoms with Crippen LogP contribution in [0.25, 0.3) is 0 Å². The lowest BCUT2D eigenvalue weighted by Gasteiger charge is -2.23. The van der Waals surface area contributed by atoms with E-state index in [4.69, 9.17) is 0 Å². The number of hydrogen-bond donors (Lipinski definition) is 2. The molecule has 0 fully saturated rings. The van der Waals surface area contributed by atoms with E-state index in [1.54, 1.807) is 36.0 Å². The van der Waals surface area contributed by atoms with Crippen LogP contribution < -0.4 is 10.6 Å². The highest BCUT2D eigenvalue weighted by atomic mass is 32.2. The molecule has 26 heavy (non-hydrogen) atoms. The lowest BCUT2D eigenvalue weighted by atomic mass is 9.95. The van der Waals surface area contributed by atoms with Crippen molar-refractivity contribution in [1.29, 1.82) is 0 Å². The monoisotopic (exact) mass is 378 g/mol. The van der Waals surface area contributed by atoms with Crippen LogP contribution in [0, 0.1) is 5.92 Å². The Morgan fingerprint density at radius 3 is 2.27 bits per heavy atom. The molecule has 1 aromatic rings. The zero-order valence-electron chi connectivity index (χ0n) is 15.4. The van der Waals surface area contributed by atoms with Crippen LogP contribution in [0.1, 0.15) is 47.4 Å². The van der Waals surface area contributed by atoms with Crippen molar-refractivity contribution in [2.24, 2.45) is 5.92 Å². The van der Waals surface area contributed by atoms with Gasteiger partial charge in [-0.15, -0.1) is 0 Å². The summed E-state index contributed by atoms with van der Waals surface area (Å²) in [5.41, 5.74) is 0.920. The zero-order chi connectivity index (χ0) is 19.5. The number of thioether (sulfide) groups is 1. The number of ketones is 1. The van der Waals surface area contributed by atoms with Gasteiger partial charge in [0.2, 0.25) is 12.3 Å². The lowest BCUT2D eigenvalue weighted by Crippen LogP contribution is -2.50. The molecule has 0 heterocycles. The molecule has 0 aromatic heterocycles. The Hall–Kier alpha value is -2.15. The number of amides is 2. The SMILES string of the molecule is CSCC[C@H](NC=O)C(=O)N[C@@H](CC(C)C)C(=O)c1ccc(C=O)cc1. The molecule has 0 unspecified atom stereocenters. The lowest BCUT2D eigenvalue weighted by molar-refractivity contribution is -0.125. The highest BCUT2D eigenvalue weighted by molar-refractivity contribution is 7.98. The van der Waals surface area contributed by atoms with E-state index in [0.29, 0.717) is 36.7 Å². The number of aldehydes is 1. The Balaban J connectivity index is 2.92. The van der Waals surface area contributed by atoms with Gasteiger partial charge < -0.3 is 10.6 Å². The second kappa shape index (κ2) is 11.5. The second-order valence-electron chi connectivity index (χ2n) is 6.41. The van der Waals surface area contributed by atoms with E-state index in [2.05, 4.69) is 10.6 Å². The zero-order valence-corrected chi connectivity index (χ0v) is 16.2. The summed E-state index contributed by atoms with van der Waals surface area (Å²) in [5, 5.41) is 5.29. The predicted octanol–water partition coefficient (Wildman–Crippen LogP) is 2.08. The number of rotatable bonds is 12. The summed E-state index contributed by atoms with van der Waals surface area (Å²) < 4.78 is 0. The molecule has 0 radical (unpaired) electrons. The number of benzene rings is 1. The molecular formula is C19H26N2O4S. The molecule has 1 aromatic carbocycles. The Morgan fingerprint density at radius 1 is 1.12 bits per heavy atom. The fourth-order valence-electron chi connectivity index (χ4n) is 2.51. The van der Waals surface area contributed by atoms with Crippen LogP contribution in [0.15, 0.2) is 24.3 Å². The third-order valence-electron chi connectivity index (χ3n) is 3.87. The van der Waals surface area contributed by atoms with E-state index < -0.39 is 12.1 Å². The van der Waals surface area contributed by atoms with E-state index in [1.807, 2.05) is 20.1 Å². The van der Waals surface area contributed by atoms with E-state index in [-0.39, 0.29) is 17.6 Å². The summed E-state index contributed by atoms with van der Waals surface area (Å²) in [6, 6.07) is 4.96. The largest absolute Gasteiger partial charge is 0.347 e. The van der Waals surface area contributed by atoms with E-state index in [9.17, 15) is 19.2 Å². The van der Waals surface area contributed by atoms with Crippen LogP contribution in [-0.2, 0) is 9.59 Å². The van der Waals surface area contributed by atoms with Crippen molar-refractivity contribution in [3.63, 3.8) is 0 Å². The fraction of sp³-hybridized carbons (Fsp3) is 0.474. The molecule has 0 saturated carbocycles. The number of hydrogen-bond acceptors (Lipinski definition) is 5. The first kappa shape index (κ1) is 21.9. The van der Waals surface area contributed by atoms with Crippen molar-refractivity contribution in [1.82, 2.24) is 10.6 Å². The topological polar surface area (TPSA) is 92.3 Å². The first-order chi connectivity index (χ1) is 12.4. The molecule has 0 saturated heterocycles. The minimum Gasteiger partial charge on any atom is -0.347 e. The number of carbonyl (C=O) groups is 4. The molecule has 1 rings (SSSR count). The van der Waals surface area contributed by atoms with Gasteiger partial charge >= 0.3 is 0 Å². The minimum absolute atomic E-state index is 0.196. The molecule has 7 heteroatoms. The van der Waals surface area contributed by atoms with E-state index >= 15 is 0 Å². The van der Waals surface area contributed by atoms with Gasteiger partial charge in [0.1, 0.15) is 12.3 Å². The summed E-state index contributed by atoms with van der Waals surface area (Å²) in [7, 11) is 0. The van der Waals surface area contributed by atoms with Crippen LogP contribution in [0.4, 0.5) is 0 Å². The van der Waals surface area contributed by atoms with E-state index in [1.165, 1.54) is 0 Å². The highest BCUT2D eigenvalue weighted by Gasteiger charge is 2.26. The van der Waals surface area contributed by atoms with Gasteiger partial charge in [0.25, 0.3) is 0 Å². The molecular weight excluding hydrogens is 352 g/mol. The van der Waals surface area contributed by atoms with Crippen LogP contribution in [0.5, 0.6) is 0 Å². The van der Waals surface area contributed by atoms with Gasteiger partial charge in [-0.2, -0.15) is 11.8 Å². The Kier molecular flexibility index (Phi) is 9.65. The van der Waals surface area contributed by atoms with Crippen LogP contribution in [0.2, 0.25) is 0 Å². The van der Waals surface area contributed by atoms with Crippen molar-refractivity contribution in [2.75, 3.05) is 12.0 Å². The summed E-state index contributed by atoms with van der Waals surface area (Å²) in [4.78, 5) is 46.9. The maximum Gasteiger partial charge on any atom is 0.243 e. The minimum atomic E-state index is -0.685. The second-order valence-corrected chi connectivity index (χ2v) is 7.40. The number of carbonyl (C=O) groups excluding carboxylic acids is 4. The van der Waals surface area contributed by atoms with Gasteiger partial charge in [-0.05, 0) is 30.8 Å². The van der Waals surface area contributed by atoms with Gasteiger partial charge in [0.15, 0.2) is 5.78 Å². The number of nitrogens with one attached hydrogen (secondary N) is 2. The average Bonchev–Trinajstić information content (AvgIpc) is 2.63. The molecule has 2 atom stereocenters. The van der Waals surface area contributed by atoms with Crippen molar-refractivity contribution >= 4 is 36.1 Å². The summed E-state index contributed by atoms with van der Waals surface area (Å²) in [6.07, 6.45) is 4.10. The van der Waals surface area contributed by atoms with Crippen molar-refractivity contribution in [3.8, 4) is 0 Å². The Labute approximate surface area is 158 Å². The van der Waals surface area contributed by atoms with E-state index in [0.717, 1.165) is 5.75 Å². The average molecular weight is 378 g/mol. The van der Waals surface area contributed by atoms with Crippen molar-refractivity contribution in [2.45, 2.75) is 38.8 Å². The first-order valence-corrected chi connectivity index (χ1v) is 9.90. The van der Waals surface area contributed by atoms with Crippen molar-refractivity contribution in [3.05, 3.63) is 35.4 Å². The van der Waals surface area contributed by atoms with Gasteiger partial charge in [-0.25, -0.2) is 0 Å². The maximum atomic E-state index is 12.8. The molecule has 0 spiro atoms. The normalized spacial score (nSPS) is 12.9. The van der Waals surface area contributed by atoms with Crippen LogP contribution >= 0.6 is 11.8 Å². The fourth-order valence-corrected chi connectivity index (χ4v) is 2.98. The van der Waals surface area contributed by atoms with Gasteiger partial charge in [-0.3, -0.25) is 19.2 Å². The first-order valence-electron chi connectivity index (χ1n) is 8.51. The Morgan fingerprint density at radius 2 is 1.77 bits per heavy atom. The summed E-state index contributed by atoms with van der Waals surface area (Å²) in [5.74, 6) is 0.338. The van der Waals surface area contributed by atoms with Gasteiger partial charge in [0.05, 0.1) is 6.04 Å². The third-order valence-corrected chi connectivity index (χ3v) is 4.51. The maximum absolute atomic E-state index is 12.8. The van der Waals surface area contributed by atoms with Gasteiger partial charge in [-0.1, -0.05) is 38.1 Å². The molecule has 2 amide bonds. The highest BCUT2D eigenvalue weighted by Crippen LogP contribution is 2.13. The van der Waals surface area contributed by atoms with Crippen molar-refractivity contribution < 1.29 is 19.2 Å². The molecule has 6 nitrogen and oxygen atoms in total. The molecule has 0 aliphatic rings. The Bertz CT molecular complexity index is 616. The van der Waals surface area contributed by atoms with Crippen LogP contribution in [0.3, 0.4) is 0 Å². The quantitative estimate of drug-likeness (QED) is 0.429. The summed E-state index contributed by atoms with van der Waals surface area (Å²) in [6.45, 7) is 3.94. The predicted molar refractivity (Wildman–Crippen MR) is 104 cm³/mol. The van der Waals surface area contributed by atoms with Crippen LogP contribution in [-0.4, -0.2) is 48.5 Å². The molecule has 0 aliphatic carbocycles. The number of Topliss-reactive ketones (excluding diaryl/α,β-unsaturated/α-hetero) is 1. The third kappa shape index (κ3) is 7.00. The molecule has 142 valence electrons. The van der Waals surface area contributed by atoms with Gasteiger partial charge in [0, 0.05) is 11.1 Å². The summed E-state index contributed by atoms with van der Waals surface area (Å²) >= 11 is 1.58. The molecule has 2 N–H and O–H groups in total. The standard InChI is InChI=1S/C19H26N2O4S/c1-13(2)10-17(18(24)15-6-4-14(11-22)5-7-15)21-19(25)16(20-12-23)8-9-26-3/h4-7,11-13,16-17H,8-10H2,1-3H3,(H,20,23)(H,21,25)/t16-,17-/m0/s1. The molecule has 0 aliphatic heterocycles. The smallest absolute Gasteiger partial charge is 0.243 e.